The Balaban J connectivity index is 1.12. The molecule has 9 aromatic rings. The highest BCUT2D eigenvalue weighted by molar-refractivity contribution is 7.26. The van der Waals surface area contributed by atoms with Gasteiger partial charge in [-0.3, -0.25) is 0 Å². The summed E-state index contributed by atoms with van der Waals surface area (Å²) >= 11 is 3.55. The van der Waals surface area contributed by atoms with Crippen molar-refractivity contribution in [2.45, 2.75) is 0 Å². The van der Waals surface area contributed by atoms with Crippen LogP contribution in [0.4, 0.5) is 0 Å². The maximum absolute atomic E-state index is 5.05. The maximum atomic E-state index is 5.05. The van der Waals surface area contributed by atoms with Crippen LogP contribution in [0.25, 0.3) is 86.3 Å². The molecule has 0 saturated carbocycles. The smallest absolute Gasteiger partial charge is 0.164 e. The molecule has 0 N–H and O–H groups in total. The van der Waals surface area contributed by atoms with Gasteiger partial charge in [0.25, 0.3) is 0 Å². The summed E-state index contributed by atoms with van der Waals surface area (Å²) in [6, 6.07) is 50.4. The minimum Gasteiger partial charge on any atom is -0.236 e. The van der Waals surface area contributed by atoms with Gasteiger partial charge in [-0.2, -0.15) is 0 Å². The number of hydrogen-bond acceptors (Lipinski definition) is 6. The number of hydrogen-bond donors (Lipinski definition) is 0. The molecule has 0 atom stereocenters. The van der Waals surface area contributed by atoms with Crippen LogP contribution in [-0.2, 0) is 0 Å². The first kappa shape index (κ1) is 26.8. The Bertz CT molecular complexity index is 2480. The molecule has 0 aliphatic heterocycles. The quantitative estimate of drug-likeness (QED) is 0.191. The molecular formula is C40H24N4S2. The van der Waals surface area contributed by atoms with E-state index in [9.17, 15) is 0 Å². The number of aromatic nitrogens is 4. The third-order valence-electron chi connectivity index (χ3n) is 8.17. The van der Waals surface area contributed by atoms with Crippen molar-refractivity contribution in [2.75, 3.05) is 0 Å². The average molecular weight is 625 g/mol. The molecule has 0 unspecified atom stereocenters. The van der Waals surface area contributed by atoms with Crippen LogP contribution in [0.5, 0.6) is 0 Å². The van der Waals surface area contributed by atoms with Gasteiger partial charge in [-0.25, -0.2) is 19.9 Å². The largest absolute Gasteiger partial charge is 0.236 e. The number of nitrogens with zero attached hydrogens (tertiary/aromatic N) is 4. The molecule has 0 saturated heterocycles. The van der Waals surface area contributed by atoms with Crippen LogP contribution in [0.2, 0.25) is 0 Å². The normalized spacial score (nSPS) is 11.5. The van der Waals surface area contributed by atoms with Gasteiger partial charge in [0, 0.05) is 42.4 Å². The number of benzene rings is 6. The molecule has 3 heterocycles. The van der Waals surface area contributed by atoms with E-state index in [4.69, 9.17) is 19.9 Å². The second kappa shape index (κ2) is 11.1. The molecule has 0 spiro atoms. The van der Waals surface area contributed by atoms with E-state index in [2.05, 4.69) is 84.9 Å². The summed E-state index contributed by atoms with van der Waals surface area (Å²) in [5.74, 6) is 1.95. The second-order valence-electron chi connectivity index (χ2n) is 11.1. The molecule has 6 heteroatoms. The molecule has 9 rings (SSSR count). The molecule has 0 aliphatic rings. The van der Waals surface area contributed by atoms with E-state index in [0.717, 1.165) is 37.5 Å². The molecule has 0 bridgehead atoms. The minimum atomic E-state index is 0.642. The Morgan fingerprint density at radius 2 is 0.978 bits per heavy atom. The van der Waals surface area contributed by atoms with Gasteiger partial charge in [-0.15, -0.1) is 22.7 Å². The van der Waals surface area contributed by atoms with Gasteiger partial charge in [-0.1, -0.05) is 115 Å². The van der Waals surface area contributed by atoms with Crippen LogP contribution in [0.3, 0.4) is 0 Å². The Hall–Kier alpha value is -5.56. The van der Waals surface area contributed by atoms with Crippen LogP contribution in [-0.4, -0.2) is 19.9 Å². The lowest BCUT2D eigenvalue weighted by molar-refractivity contribution is 1.07. The van der Waals surface area contributed by atoms with E-state index in [1.807, 2.05) is 72.0 Å². The van der Waals surface area contributed by atoms with Crippen molar-refractivity contribution in [1.82, 2.24) is 19.9 Å². The summed E-state index contributed by atoms with van der Waals surface area (Å²) in [7, 11) is 0. The lowest BCUT2D eigenvalue weighted by Gasteiger charge is -2.08. The van der Waals surface area contributed by atoms with E-state index in [0.29, 0.717) is 17.5 Å². The first-order valence-corrected chi connectivity index (χ1v) is 16.7. The fourth-order valence-electron chi connectivity index (χ4n) is 5.92. The third-order valence-corrected chi connectivity index (χ3v) is 10.5. The Morgan fingerprint density at radius 1 is 0.370 bits per heavy atom. The first-order valence-electron chi connectivity index (χ1n) is 15.1. The van der Waals surface area contributed by atoms with Crippen molar-refractivity contribution in [2.24, 2.45) is 0 Å². The zero-order valence-electron chi connectivity index (χ0n) is 24.5. The monoisotopic (exact) mass is 624 g/mol. The zero-order chi connectivity index (χ0) is 30.5. The third kappa shape index (κ3) is 4.76. The van der Waals surface area contributed by atoms with Gasteiger partial charge in [0.1, 0.15) is 5.01 Å². The summed E-state index contributed by atoms with van der Waals surface area (Å²) in [6.07, 6.45) is 0. The minimum absolute atomic E-state index is 0.642. The summed E-state index contributed by atoms with van der Waals surface area (Å²) in [4.78, 5) is 19.7. The lowest BCUT2D eigenvalue weighted by atomic mass is 10.0. The Kier molecular flexibility index (Phi) is 6.47. The summed E-state index contributed by atoms with van der Waals surface area (Å²) in [5, 5.41) is 3.61. The number of fused-ring (bicyclic) bond motifs is 4. The zero-order valence-corrected chi connectivity index (χ0v) is 26.1. The standard InChI is InChI=1S/C40H24N4S2/c1-3-11-25(12-4-1)37-42-38(26-13-5-2-6-14-26)44-39(43-37)28-21-22-33-35(24-28)46-40(41-33)29-16-9-15-27(23-29)30-18-10-19-32-31-17-7-8-20-34(31)45-36(30)32/h1-24H. The molecule has 0 radical (unpaired) electrons. The highest BCUT2D eigenvalue weighted by Gasteiger charge is 2.15. The summed E-state index contributed by atoms with van der Waals surface area (Å²) in [5.41, 5.74) is 7.36. The van der Waals surface area contributed by atoms with Gasteiger partial charge >= 0.3 is 0 Å². The molecule has 0 aliphatic carbocycles. The topological polar surface area (TPSA) is 51.6 Å². The average Bonchev–Trinajstić information content (AvgIpc) is 3.74. The van der Waals surface area contributed by atoms with Gasteiger partial charge in [0.2, 0.25) is 0 Å². The van der Waals surface area contributed by atoms with Crippen molar-refractivity contribution in [3.05, 3.63) is 146 Å². The van der Waals surface area contributed by atoms with E-state index in [1.165, 1.54) is 31.3 Å². The SMILES string of the molecule is c1ccc(-c2nc(-c3ccccc3)nc(-c3ccc4nc(-c5cccc(-c6cccc7c6sc6ccccc67)c5)sc4c3)n2)cc1. The second-order valence-corrected chi connectivity index (χ2v) is 13.2. The van der Waals surface area contributed by atoms with E-state index < -0.39 is 0 Å². The molecule has 6 aromatic carbocycles. The Morgan fingerprint density at radius 3 is 1.74 bits per heavy atom. The highest BCUT2D eigenvalue weighted by Crippen LogP contribution is 2.41. The Labute approximate surface area is 273 Å². The van der Waals surface area contributed by atoms with Crippen LogP contribution in [0.1, 0.15) is 0 Å². The van der Waals surface area contributed by atoms with E-state index >= 15 is 0 Å². The number of thiazole rings is 1. The predicted octanol–water partition coefficient (Wildman–Crippen LogP) is 11.2. The molecular weight excluding hydrogens is 601 g/mol. The summed E-state index contributed by atoms with van der Waals surface area (Å²) in [6.45, 7) is 0. The van der Waals surface area contributed by atoms with Crippen molar-refractivity contribution >= 4 is 53.1 Å². The highest BCUT2D eigenvalue weighted by atomic mass is 32.1. The number of rotatable bonds is 5. The van der Waals surface area contributed by atoms with Gasteiger partial charge in [0.05, 0.1) is 10.2 Å². The number of thiophene rings is 1. The van der Waals surface area contributed by atoms with E-state index in [1.54, 1.807) is 11.3 Å². The van der Waals surface area contributed by atoms with Crippen molar-refractivity contribution in [3.8, 4) is 55.9 Å². The van der Waals surface area contributed by atoms with Crippen LogP contribution >= 0.6 is 22.7 Å². The molecule has 216 valence electrons. The van der Waals surface area contributed by atoms with Crippen LogP contribution in [0.15, 0.2) is 146 Å². The van der Waals surface area contributed by atoms with Gasteiger partial charge in [0.15, 0.2) is 17.5 Å². The van der Waals surface area contributed by atoms with Crippen LogP contribution in [0, 0.1) is 0 Å². The molecule has 3 aromatic heterocycles. The van der Waals surface area contributed by atoms with Crippen molar-refractivity contribution < 1.29 is 0 Å². The summed E-state index contributed by atoms with van der Waals surface area (Å²) < 4.78 is 3.72. The van der Waals surface area contributed by atoms with Gasteiger partial charge in [-0.05, 0) is 41.5 Å². The van der Waals surface area contributed by atoms with E-state index in [-0.39, 0.29) is 0 Å². The maximum Gasteiger partial charge on any atom is 0.164 e. The fraction of sp³-hybridized carbons (Fsp3) is 0. The fourth-order valence-corrected chi connectivity index (χ4v) is 8.16. The molecule has 0 amide bonds. The molecule has 0 fully saturated rings. The van der Waals surface area contributed by atoms with Gasteiger partial charge < -0.3 is 0 Å². The first-order chi connectivity index (χ1) is 22.8. The molecule has 4 nitrogen and oxygen atoms in total. The predicted molar refractivity (Wildman–Crippen MR) is 193 cm³/mol. The van der Waals surface area contributed by atoms with Crippen molar-refractivity contribution in [1.29, 1.82) is 0 Å². The molecule has 46 heavy (non-hydrogen) atoms. The van der Waals surface area contributed by atoms with Crippen molar-refractivity contribution in [3.63, 3.8) is 0 Å². The van der Waals surface area contributed by atoms with Crippen LogP contribution < -0.4 is 0 Å². The lowest BCUT2D eigenvalue weighted by Crippen LogP contribution is -1.99.